The summed E-state index contributed by atoms with van der Waals surface area (Å²) in [7, 11) is 0. The molecule has 0 bridgehead atoms. The monoisotopic (exact) mass is 964 g/mol. The van der Waals surface area contributed by atoms with Gasteiger partial charge in [0.25, 0.3) is 0 Å². The van der Waals surface area contributed by atoms with E-state index in [0.29, 0.717) is 17.7 Å². The third-order valence-corrected chi connectivity index (χ3v) is 15.3. The summed E-state index contributed by atoms with van der Waals surface area (Å²) in [6.45, 7) is 0.824. The normalized spacial score (nSPS) is 16.6. The number of hydrogen-bond acceptors (Lipinski definition) is 4. The van der Waals surface area contributed by atoms with Crippen LogP contribution in [-0.4, -0.2) is 36.7 Å². The van der Waals surface area contributed by atoms with E-state index in [0.717, 1.165) is 99.3 Å². The van der Waals surface area contributed by atoms with Crippen LogP contribution < -0.4 is 4.90 Å². The van der Waals surface area contributed by atoms with E-state index in [-0.39, 0.29) is 0 Å². The second-order valence-electron chi connectivity index (χ2n) is 19.7. The van der Waals surface area contributed by atoms with E-state index in [2.05, 4.69) is 245 Å². The summed E-state index contributed by atoms with van der Waals surface area (Å²) in [5, 5.41) is 4.87. The molecule has 0 saturated heterocycles. The molecule has 14 rings (SSSR count). The Morgan fingerprint density at radius 2 is 1.07 bits per heavy atom. The van der Waals surface area contributed by atoms with Crippen molar-refractivity contribution in [3.8, 4) is 45.3 Å². The highest BCUT2D eigenvalue weighted by molar-refractivity contribution is 6.12. The second-order valence-corrected chi connectivity index (χ2v) is 19.7. The molecule has 8 aromatic carbocycles. The Balaban J connectivity index is 0.938. The Hall–Kier alpha value is -9.39. The number of rotatable bonds is 8. The zero-order valence-electron chi connectivity index (χ0n) is 41.5. The summed E-state index contributed by atoms with van der Waals surface area (Å²) in [5.74, 6) is 2.05. The van der Waals surface area contributed by atoms with Gasteiger partial charge < -0.3 is 14.0 Å². The van der Waals surface area contributed by atoms with Crippen molar-refractivity contribution in [2.24, 2.45) is 0 Å². The van der Waals surface area contributed by atoms with Crippen LogP contribution in [0.3, 0.4) is 0 Å². The number of anilines is 1. The molecule has 0 fully saturated rings. The molecule has 3 aromatic heterocycles. The van der Waals surface area contributed by atoms with Crippen LogP contribution >= 0.6 is 0 Å². The van der Waals surface area contributed by atoms with E-state index in [1.165, 1.54) is 43.9 Å². The van der Waals surface area contributed by atoms with E-state index in [1.807, 2.05) is 18.2 Å². The summed E-state index contributed by atoms with van der Waals surface area (Å²) in [5.41, 5.74) is 17.1. The number of benzene rings is 8. The predicted molar refractivity (Wildman–Crippen MR) is 312 cm³/mol. The molecule has 358 valence electrons. The molecule has 1 aliphatic heterocycles. The van der Waals surface area contributed by atoms with Crippen LogP contribution in [0.1, 0.15) is 36.2 Å². The molecular weight excluding hydrogens is 913 g/mol. The molecule has 0 spiro atoms. The van der Waals surface area contributed by atoms with Crippen molar-refractivity contribution < 1.29 is 0 Å². The van der Waals surface area contributed by atoms with Crippen molar-refractivity contribution >= 4 is 60.4 Å². The van der Waals surface area contributed by atoms with Gasteiger partial charge in [-0.15, -0.1) is 0 Å². The molecule has 0 N–H and O–H groups in total. The molecule has 6 heteroatoms. The van der Waals surface area contributed by atoms with Crippen molar-refractivity contribution in [3.05, 3.63) is 266 Å². The maximum atomic E-state index is 5.16. The van der Waals surface area contributed by atoms with Gasteiger partial charge in [0.15, 0.2) is 17.5 Å². The summed E-state index contributed by atoms with van der Waals surface area (Å²) in [6.07, 6.45) is 26.2. The first-order valence-corrected chi connectivity index (χ1v) is 26.2. The predicted octanol–water partition coefficient (Wildman–Crippen LogP) is 16.7. The zero-order valence-corrected chi connectivity index (χ0v) is 41.5. The Kier molecular flexibility index (Phi) is 11.2. The first-order chi connectivity index (χ1) is 37.2. The van der Waals surface area contributed by atoms with E-state index < -0.39 is 0 Å². The number of hydrogen-bond donors (Lipinski definition) is 0. The Morgan fingerprint density at radius 1 is 0.427 bits per heavy atom. The van der Waals surface area contributed by atoms with Crippen LogP contribution in [0.5, 0.6) is 0 Å². The second kappa shape index (κ2) is 18.9. The first kappa shape index (κ1) is 44.3. The third-order valence-electron chi connectivity index (χ3n) is 15.3. The number of para-hydroxylation sites is 4. The molecule has 4 heterocycles. The van der Waals surface area contributed by atoms with Crippen molar-refractivity contribution in [3.63, 3.8) is 0 Å². The Bertz CT molecular complexity index is 4180. The first-order valence-electron chi connectivity index (χ1n) is 26.2. The quantitative estimate of drug-likeness (QED) is 0.152. The highest BCUT2D eigenvalue weighted by Gasteiger charge is 2.23. The van der Waals surface area contributed by atoms with Gasteiger partial charge in [0.2, 0.25) is 0 Å². The molecule has 0 amide bonds. The maximum absolute atomic E-state index is 5.16. The average Bonchev–Trinajstić information content (AvgIpc) is 4.04. The average molecular weight is 965 g/mol. The molecule has 75 heavy (non-hydrogen) atoms. The van der Waals surface area contributed by atoms with Crippen molar-refractivity contribution in [2.75, 3.05) is 11.4 Å². The van der Waals surface area contributed by atoms with Crippen LogP contribution in [0.15, 0.2) is 249 Å². The SMILES string of the molecule is C1=CCCC(c2nc(-c3ccccc3)nc(-c3cccc(-c4ccc(-n5c6ccccc6c6ccccc65)c(-n5c6ccccc6c6cc(C7=C/Cc8ccccc8N(C8C=CC=CC8)C/C=C\7)ccc65)c4)c3)n2)=C1. The van der Waals surface area contributed by atoms with Crippen LogP contribution in [0, 0.1) is 0 Å². The fraction of sp³-hybridized carbons (Fsp3) is 0.0870. The van der Waals surface area contributed by atoms with E-state index >= 15 is 0 Å². The van der Waals surface area contributed by atoms with E-state index in [9.17, 15) is 0 Å². The minimum atomic E-state index is 0.318. The Labute approximate surface area is 436 Å². The van der Waals surface area contributed by atoms with Gasteiger partial charge in [-0.2, -0.15) is 0 Å². The lowest BCUT2D eigenvalue weighted by molar-refractivity contribution is 0.721. The largest absolute Gasteiger partial charge is 0.361 e. The molecule has 1 unspecified atom stereocenters. The molecule has 0 saturated carbocycles. The summed E-state index contributed by atoms with van der Waals surface area (Å²) < 4.78 is 4.94. The number of nitrogens with zero attached hydrogens (tertiary/aromatic N) is 6. The summed E-state index contributed by atoms with van der Waals surface area (Å²) in [4.78, 5) is 17.9. The highest BCUT2D eigenvalue weighted by Crippen LogP contribution is 2.41. The zero-order chi connectivity index (χ0) is 49.7. The van der Waals surface area contributed by atoms with Gasteiger partial charge in [-0.1, -0.05) is 194 Å². The minimum Gasteiger partial charge on any atom is -0.361 e. The van der Waals surface area contributed by atoms with Crippen LogP contribution in [0.4, 0.5) is 5.69 Å². The number of allylic oxidation sites excluding steroid dienone is 9. The summed E-state index contributed by atoms with van der Waals surface area (Å²) in [6, 6.07) is 68.7. The standard InChI is InChI=1S/C69H52N6/c1-4-21-49(22-5-1)67-70-68(50-23-6-2-7-24-50)72-69(71-67)54-26-18-25-51(44-54)53-40-42-65(74-61-34-15-11-30-56(61)57-31-12-16-35-62(57)74)66(46-53)75-63-36-17-13-32-58(63)59-45-52(39-41-64(59)75)47-27-19-43-73(55-28-8-3-9-29-55)60-33-14-10-20-48(60)38-37-47/h1-6,8-23,25-28,30-37,39-42,44-46,55H,7,24,29,38,43H2/b27-19-,47-37+. The van der Waals surface area contributed by atoms with Gasteiger partial charge >= 0.3 is 0 Å². The van der Waals surface area contributed by atoms with Gasteiger partial charge in [-0.05, 0) is 114 Å². The van der Waals surface area contributed by atoms with Crippen LogP contribution in [0.2, 0.25) is 0 Å². The lowest BCUT2D eigenvalue weighted by Gasteiger charge is -2.33. The molecular formula is C69H52N6. The van der Waals surface area contributed by atoms with Crippen LogP contribution in [0.25, 0.3) is 100 Å². The topological polar surface area (TPSA) is 51.8 Å². The van der Waals surface area contributed by atoms with Crippen molar-refractivity contribution in [1.82, 2.24) is 24.1 Å². The molecule has 11 aromatic rings. The molecule has 0 radical (unpaired) electrons. The van der Waals surface area contributed by atoms with Gasteiger partial charge in [0.1, 0.15) is 0 Å². The van der Waals surface area contributed by atoms with Crippen LogP contribution in [-0.2, 0) is 6.42 Å². The lowest BCUT2D eigenvalue weighted by atomic mass is 9.99. The van der Waals surface area contributed by atoms with Gasteiger partial charge in [-0.25, -0.2) is 15.0 Å². The molecule has 2 aliphatic carbocycles. The Morgan fingerprint density at radius 3 is 1.83 bits per heavy atom. The van der Waals surface area contributed by atoms with Crippen molar-refractivity contribution in [2.45, 2.75) is 31.7 Å². The highest BCUT2D eigenvalue weighted by atomic mass is 15.2. The lowest BCUT2D eigenvalue weighted by Crippen LogP contribution is -2.35. The fourth-order valence-electron chi connectivity index (χ4n) is 11.6. The minimum absolute atomic E-state index is 0.318. The fourth-order valence-corrected chi connectivity index (χ4v) is 11.6. The van der Waals surface area contributed by atoms with E-state index in [4.69, 9.17) is 15.0 Å². The maximum Gasteiger partial charge on any atom is 0.164 e. The molecule has 3 aliphatic rings. The third kappa shape index (κ3) is 8.03. The number of aromatic nitrogens is 5. The van der Waals surface area contributed by atoms with Gasteiger partial charge in [-0.3, -0.25) is 0 Å². The molecule has 6 nitrogen and oxygen atoms in total. The van der Waals surface area contributed by atoms with Gasteiger partial charge in [0, 0.05) is 44.9 Å². The van der Waals surface area contributed by atoms with Gasteiger partial charge in [0.05, 0.1) is 39.5 Å². The summed E-state index contributed by atoms with van der Waals surface area (Å²) >= 11 is 0. The smallest absolute Gasteiger partial charge is 0.164 e. The molecule has 1 atom stereocenters. The van der Waals surface area contributed by atoms with Crippen molar-refractivity contribution in [1.29, 1.82) is 0 Å². The number of fused-ring (bicyclic) bond motifs is 7. The van der Waals surface area contributed by atoms with E-state index in [1.54, 1.807) is 0 Å².